The summed E-state index contributed by atoms with van der Waals surface area (Å²) in [6.07, 6.45) is 0. The van der Waals surface area contributed by atoms with E-state index in [2.05, 4.69) is 21.2 Å². The molecule has 3 nitrogen and oxygen atoms in total. The number of rotatable bonds is 3. The van der Waals surface area contributed by atoms with Gasteiger partial charge in [0.05, 0.1) is 16.6 Å². The first-order valence-corrected chi connectivity index (χ1v) is 7.19. The van der Waals surface area contributed by atoms with Crippen molar-refractivity contribution in [1.29, 1.82) is 0 Å². The minimum atomic E-state index is -0.252. The van der Waals surface area contributed by atoms with E-state index in [4.69, 9.17) is 11.6 Å². The standard InChI is InChI=1S/C15H13BrClNO2/c1-9(10-3-2-4-12(19)7-10)18-15(20)13-6-5-11(16)8-14(13)17/h2-9,19H,1H3,(H,18,20). The zero-order valence-electron chi connectivity index (χ0n) is 10.7. The van der Waals surface area contributed by atoms with Gasteiger partial charge in [-0.2, -0.15) is 0 Å². The van der Waals surface area contributed by atoms with Crippen LogP contribution in [-0.2, 0) is 0 Å². The highest BCUT2D eigenvalue weighted by Crippen LogP contribution is 2.23. The molecule has 0 saturated carbocycles. The molecule has 0 saturated heterocycles. The number of phenols is 1. The van der Waals surface area contributed by atoms with E-state index >= 15 is 0 Å². The van der Waals surface area contributed by atoms with Crippen molar-refractivity contribution < 1.29 is 9.90 Å². The molecule has 1 amide bonds. The van der Waals surface area contributed by atoms with E-state index in [0.717, 1.165) is 10.0 Å². The van der Waals surface area contributed by atoms with E-state index in [9.17, 15) is 9.90 Å². The van der Waals surface area contributed by atoms with Crippen LogP contribution in [0.4, 0.5) is 0 Å². The number of phenolic OH excluding ortho intramolecular Hbond substituents is 1. The molecular weight excluding hydrogens is 342 g/mol. The van der Waals surface area contributed by atoms with Gasteiger partial charge in [-0.25, -0.2) is 0 Å². The molecule has 0 aliphatic carbocycles. The molecule has 0 aromatic heterocycles. The molecule has 2 rings (SSSR count). The van der Waals surface area contributed by atoms with Gasteiger partial charge in [0.15, 0.2) is 0 Å². The molecule has 1 atom stereocenters. The number of carbonyl (C=O) groups excluding carboxylic acids is 1. The highest BCUT2D eigenvalue weighted by molar-refractivity contribution is 9.10. The van der Waals surface area contributed by atoms with Gasteiger partial charge >= 0.3 is 0 Å². The minimum Gasteiger partial charge on any atom is -0.508 e. The first-order chi connectivity index (χ1) is 9.47. The molecule has 0 heterocycles. The number of nitrogens with one attached hydrogen (secondary N) is 1. The van der Waals surface area contributed by atoms with Crippen LogP contribution in [-0.4, -0.2) is 11.0 Å². The maximum atomic E-state index is 12.2. The van der Waals surface area contributed by atoms with Gasteiger partial charge in [-0.15, -0.1) is 0 Å². The Morgan fingerprint density at radius 3 is 2.70 bits per heavy atom. The lowest BCUT2D eigenvalue weighted by Crippen LogP contribution is -2.26. The van der Waals surface area contributed by atoms with Gasteiger partial charge in [0.1, 0.15) is 5.75 Å². The maximum absolute atomic E-state index is 12.2. The Bertz CT molecular complexity index is 646. The fourth-order valence-corrected chi connectivity index (χ4v) is 2.58. The van der Waals surface area contributed by atoms with Crippen LogP contribution in [0.5, 0.6) is 5.75 Å². The summed E-state index contributed by atoms with van der Waals surface area (Å²) in [7, 11) is 0. The number of aromatic hydroxyl groups is 1. The van der Waals surface area contributed by atoms with E-state index in [0.29, 0.717) is 10.6 Å². The van der Waals surface area contributed by atoms with Crippen LogP contribution >= 0.6 is 27.5 Å². The Hall–Kier alpha value is -1.52. The third kappa shape index (κ3) is 3.52. The third-order valence-electron chi connectivity index (χ3n) is 2.89. The predicted octanol–water partition coefficient (Wildman–Crippen LogP) is 4.30. The number of hydrogen-bond donors (Lipinski definition) is 2. The lowest BCUT2D eigenvalue weighted by atomic mass is 10.1. The van der Waals surface area contributed by atoms with Crippen LogP contribution in [0.2, 0.25) is 5.02 Å². The maximum Gasteiger partial charge on any atom is 0.253 e. The average Bonchev–Trinajstić information content (AvgIpc) is 2.38. The normalized spacial score (nSPS) is 11.9. The Kier molecular flexibility index (Phi) is 4.68. The van der Waals surface area contributed by atoms with Crippen LogP contribution in [0.15, 0.2) is 46.9 Å². The van der Waals surface area contributed by atoms with Gasteiger partial charge in [0, 0.05) is 4.47 Å². The molecule has 0 aliphatic rings. The Balaban J connectivity index is 2.15. The molecule has 2 aromatic carbocycles. The zero-order valence-corrected chi connectivity index (χ0v) is 13.1. The van der Waals surface area contributed by atoms with Gasteiger partial charge in [0.2, 0.25) is 0 Å². The number of benzene rings is 2. The lowest BCUT2D eigenvalue weighted by molar-refractivity contribution is 0.0940. The Morgan fingerprint density at radius 2 is 2.05 bits per heavy atom. The van der Waals surface area contributed by atoms with Gasteiger partial charge in [0.25, 0.3) is 5.91 Å². The van der Waals surface area contributed by atoms with E-state index in [1.54, 1.807) is 36.4 Å². The van der Waals surface area contributed by atoms with Crippen LogP contribution in [0.25, 0.3) is 0 Å². The van der Waals surface area contributed by atoms with Crippen molar-refractivity contribution in [2.75, 3.05) is 0 Å². The molecule has 0 spiro atoms. The van der Waals surface area contributed by atoms with Crippen molar-refractivity contribution in [3.8, 4) is 5.75 Å². The van der Waals surface area contributed by atoms with Crippen molar-refractivity contribution in [2.24, 2.45) is 0 Å². The van der Waals surface area contributed by atoms with Crippen LogP contribution in [0, 0.1) is 0 Å². The summed E-state index contributed by atoms with van der Waals surface area (Å²) >= 11 is 9.35. The van der Waals surface area contributed by atoms with Crippen LogP contribution in [0.1, 0.15) is 28.9 Å². The quantitative estimate of drug-likeness (QED) is 0.863. The molecule has 5 heteroatoms. The van der Waals surface area contributed by atoms with Gasteiger partial charge < -0.3 is 10.4 Å². The molecular formula is C15H13BrClNO2. The monoisotopic (exact) mass is 353 g/mol. The van der Waals surface area contributed by atoms with E-state index in [1.165, 1.54) is 0 Å². The second-order valence-corrected chi connectivity index (χ2v) is 5.74. The van der Waals surface area contributed by atoms with Crippen LogP contribution in [0.3, 0.4) is 0 Å². The summed E-state index contributed by atoms with van der Waals surface area (Å²) in [4.78, 5) is 12.2. The van der Waals surface area contributed by atoms with Crippen LogP contribution < -0.4 is 5.32 Å². The summed E-state index contributed by atoms with van der Waals surface area (Å²) in [6.45, 7) is 1.85. The second-order valence-electron chi connectivity index (χ2n) is 4.41. The predicted molar refractivity (Wildman–Crippen MR) is 83.1 cm³/mol. The van der Waals surface area contributed by atoms with Gasteiger partial charge in [-0.05, 0) is 42.8 Å². The highest BCUT2D eigenvalue weighted by Gasteiger charge is 2.14. The molecule has 20 heavy (non-hydrogen) atoms. The molecule has 0 bridgehead atoms. The summed E-state index contributed by atoms with van der Waals surface area (Å²) < 4.78 is 0.820. The lowest BCUT2D eigenvalue weighted by Gasteiger charge is -2.15. The molecule has 0 aliphatic heterocycles. The summed E-state index contributed by atoms with van der Waals surface area (Å²) in [6, 6.07) is 11.7. The molecule has 0 radical (unpaired) electrons. The molecule has 104 valence electrons. The van der Waals surface area contributed by atoms with Crippen molar-refractivity contribution in [2.45, 2.75) is 13.0 Å². The van der Waals surface area contributed by atoms with Gasteiger partial charge in [-0.1, -0.05) is 39.7 Å². The fraction of sp³-hybridized carbons (Fsp3) is 0.133. The molecule has 0 fully saturated rings. The second kappa shape index (κ2) is 6.29. The first-order valence-electron chi connectivity index (χ1n) is 6.02. The molecule has 2 aromatic rings. The smallest absolute Gasteiger partial charge is 0.253 e. The SMILES string of the molecule is CC(NC(=O)c1ccc(Br)cc1Cl)c1cccc(O)c1. The van der Waals surface area contributed by atoms with Crippen molar-refractivity contribution in [1.82, 2.24) is 5.32 Å². The third-order valence-corrected chi connectivity index (χ3v) is 3.70. The van der Waals surface area contributed by atoms with E-state index < -0.39 is 0 Å². The number of halogens is 2. The molecule has 2 N–H and O–H groups in total. The summed E-state index contributed by atoms with van der Waals surface area (Å²) in [5.41, 5.74) is 1.24. The number of hydrogen-bond acceptors (Lipinski definition) is 2. The number of carbonyl (C=O) groups is 1. The largest absolute Gasteiger partial charge is 0.508 e. The van der Waals surface area contributed by atoms with Crippen molar-refractivity contribution >= 4 is 33.4 Å². The fourth-order valence-electron chi connectivity index (χ4n) is 1.83. The first kappa shape index (κ1) is 14.9. The average molecular weight is 355 g/mol. The zero-order chi connectivity index (χ0) is 14.7. The Morgan fingerprint density at radius 1 is 1.30 bits per heavy atom. The van der Waals surface area contributed by atoms with Crippen molar-refractivity contribution in [3.05, 3.63) is 63.1 Å². The minimum absolute atomic E-state index is 0.172. The van der Waals surface area contributed by atoms with E-state index in [-0.39, 0.29) is 17.7 Å². The Labute approximate surface area is 130 Å². The van der Waals surface area contributed by atoms with Crippen molar-refractivity contribution in [3.63, 3.8) is 0 Å². The topological polar surface area (TPSA) is 49.3 Å². The number of amides is 1. The summed E-state index contributed by atoms with van der Waals surface area (Å²) in [5, 5.41) is 12.7. The summed E-state index contributed by atoms with van der Waals surface area (Å²) in [5.74, 6) is -0.0800. The molecule has 1 unspecified atom stereocenters. The van der Waals surface area contributed by atoms with E-state index in [1.807, 2.05) is 13.0 Å². The van der Waals surface area contributed by atoms with Gasteiger partial charge in [-0.3, -0.25) is 4.79 Å². The highest BCUT2D eigenvalue weighted by atomic mass is 79.9.